The van der Waals surface area contributed by atoms with E-state index in [0.29, 0.717) is 11.6 Å². The van der Waals surface area contributed by atoms with Gasteiger partial charge in [-0.15, -0.1) is 0 Å². The molecule has 1 unspecified atom stereocenters. The Morgan fingerprint density at radius 3 is 2.79 bits per heavy atom. The second-order valence-corrected chi connectivity index (χ2v) is 5.00. The van der Waals surface area contributed by atoms with Gasteiger partial charge >= 0.3 is 0 Å². The number of likely N-dealkylation sites (N-methyl/N-ethyl adjacent to an activating group) is 1. The second kappa shape index (κ2) is 5.94. The summed E-state index contributed by atoms with van der Waals surface area (Å²) in [4.78, 5) is 4.80. The first kappa shape index (κ1) is 13.7. The molecule has 19 heavy (non-hydrogen) atoms. The second-order valence-electron chi connectivity index (χ2n) is 5.00. The minimum atomic E-state index is 0.597. The van der Waals surface area contributed by atoms with Gasteiger partial charge in [-0.25, -0.2) is 0 Å². The van der Waals surface area contributed by atoms with Crippen molar-refractivity contribution in [2.24, 2.45) is 0 Å². The Bertz CT molecular complexity index is 474. The maximum absolute atomic E-state index is 8.99. The SMILES string of the molecule is CCN(CC)C1CCN(c2cc(C#N)ccc2N)C1. The zero-order chi connectivity index (χ0) is 13.8. The molecular weight excluding hydrogens is 236 g/mol. The summed E-state index contributed by atoms with van der Waals surface area (Å²) in [5.41, 5.74) is 8.49. The number of nitrogen functional groups attached to an aromatic ring is 1. The summed E-state index contributed by atoms with van der Waals surface area (Å²) in [5, 5.41) is 8.99. The van der Waals surface area contributed by atoms with Gasteiger partial charge in [0, 0.05) is 19.1 Å². The van der Waals surface area contributed by atoms with Gasteiger partial charge in [0.1, 0.15) is 0 Å². The lowest BCUT2D eigenvalue weighted by molar-refractivity contribution is 0.232. The summed E-state index contributed by atoms with van der Waals surface area (Å²) in [6.07, 6.45) is 1.16. The molecule has 0 spiro atoms. The van der Waals surface area contributed by atoms with E-state index in [-0.39, 0.29) is 0 Å². The van der Waals surface area contributed by atoms with E-state index in [4.69, 9.17) is 11.0 Å². The molecule has 0 aliphatic carbocycles. The van der Waals surface area contributed by atoms with Gasteiger partial charge in [0.25, 0.3) is 0 Å². The highest BCUT2D eigenvalue weighted by Gasteiger charge is 2.27. The summed E-state index contributed by atoms with van der Waals surface area (Å²) in [5.74, 6) is 0. The molecule has 1 aliphatic heterocycles. The molecule has 1 atom stereocenters. The molecule has 0 aromatic heterocycles. The van der Waals surface area contributed by atoms with E-state index >= 15 is 0 Å². The van der Waals surface area contributed by atoms with Crippen LogP contribution in [-0.2, 0) is 0 Å². The van der Waals surface area contributed by atoms with E-state index in [9.17, 15) is 0 Å². The van der Waals surface area contributed by atoms with Crippen LogP contribution in [-0.4, -0.2) is 37.1 Å². The van der Waals surface area contributed by atoms with Gasteiger partial charge in [0.05, 0.1) is 23.0 Å². The van der Waals surface area contributed by atoms with Crippen LogP contribution in [0.25, 0.3) is 0 Å². The van der Waals surface area contributed by atoms with Crippen LogP contribution in [0.5, 0.6) is 0 Å². The summed E-state index contributed by atoms with van der Waals surface area (Å²) in [6, 6.07) is 8.29. The number of benzene rings is 1. The molecule has 1 aromatic rings. The fourth-order valence-electron chi connectivity index (χ4n) is 2.89. The molecule has 102 valence electrons. The van der Waals surface area contributed by atoms with Gasteiger partial charge in [-0.2, -0.15) is 5.26 Å². The van der Waals surface area contributed by atoms with Crippen LogP contribution >= 0.6 is 0 Å². The van der Waals surface area contributed by atoms with Gasteiger partial charge in [0.15, 0.2) is 0 Å². The highest BCUT2D eigenvalue weighted by Crippen LogP contribution is 2.29. The highest BCUT2D eigenvalue weighted by molar-refractivity contribution is 5.70. The zero-order valence-corrected chi connectivity index (χ0v) is 11.8. The summed E-state index contributed by atoms with van der Waals surface area (Å²) >= 11 is 0. The van der Waals surface area contributed by atoms with Crippen molar-refractivity contribution in [2.45, 2.75) is 26.3 Å². The molecule has 1 aromatic carbocycles. The molecule has 0 amide bonds. The van der Waals surface area contributed by atoms with E-state index in [1.165, 1.54) is 0 Å². The summed E-state index contributed by atoms with van der Waals surface area (Å²) in [6.45, 7) is 8.60. The summed E-state index contributed by atoms with van der Waals surface area (Å²) in [7, 11) is 0. The lowest BCUT2D eigenvalue weighted by atomic mass is 10.1. The Kier molecular flexibility index (Phi) is 4.28. The van der Waals surface area contributed by atoms with Gasteiger partial charge in [0.2, 0.25) is 0 Å². The Morgan fingerprint density at radius 1 is 1.42 bits per heavy atom. The van der Waals surface area contributed by atoms with E-state index in [2.05, 4.69) is 29.7 Å². The summed E-state index contributed by atoms with van der Waals surface area (Å²) < 4.78 is 0. The number of nitrogens with zero attached hydrogens (tertiary/aromatic N) is 3. The Balaban J connectivity index is 2.15. The van der Waals surface area contributed by atoms with Crippen LogP contribution < -0.4 is 10.6 Å². The quantitative estimate of drug-likeness (QED) is 0.840. The first-order chi connectivity index (χ1) is 9.19. The van der Waals surface area contributed by atoms with Gasteiger partial charge in [-0.1, -0.05) is 13.8 Å². The molecule has 0 bridgehead atoms. The Labute approximate surface area is 115 Å². The molecule has 2 N–H and O–H groups in total. The monoisotopic (exact) mass is 258 g/mol. The standard InChI is InChI=1S/C15H22N4/c1-3-18(4-2)13-7-8-19(11-13)15-9-12(10-16)5-6-14(15)17/h5-6,9,13H,3-4,7-8,11,17H2,1-2H3. The molecule has 2 rings (SSSR count). The van der Waals surface area contributed by atoms with Crippen molar-refractivity contribution < 1.29 is 0 Å². The number of nitrogens with two attached hydrogens (primary N) is 1. The normalized spacial score (nSPS) is 18.8. The first-order valence-corrected chi connectivity index (χ1v) is 6.98. The van der Waals surface area contributed by atoms with Crippen molar-refractivity contribution in [3.8, 4) is 6.07 Å². The van der Waals surface area contributed by atoms with Crippen molar-refractivity contribution >= 4 is 11.4 Å². The van der Waals surface area contributed by atoms with Gasteiger partial charge in [-0.3, -0.25) is 4.90 Å². The van der Waals surface area contributed by atoms with Gasteiger partial charge < -0.3 is 10.6 Å². The maximum Gasteiger partial charge on any atom is 0.0992 e. The average Bonchev–Trinajstić information content (AvgIpc) is 2.90. The van der Waals surface area contributed by atoms with Crippen LogP contribution in [0.1, 0.15) is 25.8 Å². The molecule has 0 radical (unpaired) electrons. The molecular formula is C15H22N4. The van der Waals surface area contributed by atoms with Crippen molar-refractivity contribution in [3.63, 3.8) is 0 Å². The van der Waals surface area contributed by atoms with Crippen molar-refractivity contribution in [1.29, 1.82) is 5.26 Å². The maximum atomic E-state index is 8.99. The number of hydrogen-bond donors (Lipinski definition) is 1. The Morgan fingerprint density at radius 2 is 2.16 bits per heavy atom. The van der Waals surface area contributed by atoms with Crippen molar-refractivity contribution in [1.82, 2.24) is 4.90 Å². The first-order valence-electron chi connectivity index (χ1n) is 6.98. The minimum absolute atomic E-state index is 0.597. The molecule has 1 saturated heterocycles. The Hall–Kier alpha value is -1.73. The smallest absolute Gasteiger partial charge is 0.0992 e. The van der Waals surface area contributed by atoms with Crippen LogP contribution in [0, 0.1) is 11.3 Å². The van der Waals surface area contributed by atoms with Crippen LogP contribution in [0.4, 0.5) is 11.4 Å². The highest BCUT2D eigenvalue weighted by atomic mass is 15.3. The van der Waals surface area contributed by atoms with Crippen molar-refractivity contribution in [3.05, 3.63) is 23.8 Å². The molecule has 1 fully saturated rings. The lowest BCUT2D eigenvalue weighted by Crippen LogP contribution is -2.37. The third-order valence-electron chi connectivity index (χ3n) is 3.99. The van der Waals surface area contributed by atoms with Crippen LogP contribution in [0.3, 0.4) is 0 Å². The number of rotatable bonds is 4. The number of anilines is 2. The molecule has 4 nitrogen and oxygen atoms in total. The van der Waals surface area contributed by atoms with Crippen molar-refractivity contribution in [2.75, 3.05) is 36.8 Å². The van der Waals surface area contributed by atoms with Gasteiger partial charge in [-0.05, 0) is 37.7 Å². The molecule has 1 heterocycles. The molecule has 1 aliphatic rings. The third-order valence-corrected chi connectivity index (χ3v) is 3.99. The number of hydrogen-bond acceptors (Lipinski definition) is 4. The van der Waals surface area contributed by atoms with E-state index < -0.39 is 0 Å². The zero-order valence-electron chi connectivity index (χ0n) is 11.8. The molecule has 0 saturated carbocycles. The largest absolute Gasteiger partial charge is 0.397 e. The van der Waals surface area contributed by atoms with Crippen LogP contribution in [0.15, 0.2) is 18.2 Å². The minimum Gasteiger partial charge on any atom is -0.397 e. The van der Waals surface area contributed by atoms with E-state index in [0.717, 1.165) is 44.0 Å². The van der Waals surface area contributed by atoms with E-state index in [1.54, 1.807) is 6.07 Å². The topological polar surface area (TPSA) is 56.3 Å². The fourth-order valence-corrected chi connectivity index (χ4v) is 2.89. The number of nitriles is 1. The lowest BCUT2D eigenvalue weighted by Gasteiger charge is -2.27. The molecule has 4 heteroatoms. The predicted octanol–water partition coefficient (Wildman–Crippen LogP) is 2.06. The van der Waals surface area contributed by atoms with Crippen LogP contribution in [0.2, 0.25) is 0 Å². The predicted molar refractivity (Wildman–Crippen MR) is 79.1 cm³/mol. The van der Waals surface area contributed by atoms with E-state index in [1.807, 2.05) is 12.1 Å². The third kappa shape index (κ3) is 2.82. The average molecular weight is 258 g/mol. The fraction of sp³-hybridized carbons (Fsp3) is 0.533.